The molecule has 2 N–H and O–H groups in total. The van der Waals surface area contributed by atoms with E-state index in [-0.39, 0.29) is 0 Å². The first kappa shape index (κ1) is 11.2. The van der Waals surface area contributed by atoms with Crippen molar-refractivity contribution in [1.82, 2.24) is 0 Å². The van der Waals surface area contributed by atoms with Gasteiger partial charge >= 0.3 is 7.60 Å². The molecule has 0 fully saturated rings. The highest BCUT2D eigenvalue weighted by Gasteiger charge is 2.05. The molecule has 1 aromatic rings. The Morgan fingerprint density at radius 2 is 1.93 bits per heavy atom. The Morgan fingerprint density at radius 3 is 2.43 bits per heavy atom. The van der Waals surface area contributed by atoms with E-state index in [1.54, 1.807) is 0 Å². The van der Waals surface area contributed by atoms with Gasteiger partial charge in [-0.25, -0.2) is 0 Å². The molecule has 0 aliphatic heterocycles. The summed E-state index contributed by atoms with van der Waals surface area (Å²) in [6.45, 7) is 3.88. The van der Waals surface area contributed by atoms with Gasteiger partial charge in [0.2, 0.25) is 0 Å². The van der Waals surface area contributed by atoms with Crippen LogP contribution >= 0.6 is 7.60 Å². The second-order valence-electron chi connectivity index (χ2n) is 3.26. The topological polar surface area (TPSA) is 57.5 Å². The van der Waals surface area contributed by atoms with Gasteiger partial charge in [-0.15, -0.1) is 0 Å². The fraction of sp³-hybridized carbons (Fsp3) is 0.200. The molecule has 76 valence electrons. The van der Waals surface area contributed by atoms with Crippen molar-refractivity contribution in [3.8, 4) is 0 Å². The third-order valence-corrected chi connectivity index (χ3v) is 2.41. The summed E-state index contributed by atoms with van der Waals surface area (Å²) in [4.78, 5) is 17.3. The van der Waals surface area contributed by atoms with Crippen LogP contribution in [0.25, 0.3) is 6.08 Å². The maximum Gasteiger partial charge on any atom is 0.349 e. The van der Waals surface area contributed by atoms with Crippen molar-refractivity contribution in [2.45, 2.75) is 13.8 Å². The Labute approximate surface area is 83.3 Å². The number of hydrogen-bond donors (Lipinski definition) is 2. The highest BCUT2D eigenvalue weighted by atomic mass is 31.2. The largest absolute Gasteiger partial charge is 0.349 e. The van der Waals surface area contributed by atoms with Crippen molar-refractivity contribution < 1.29 is 14.4 Å². The molecule has 14 heavy (non-hydrogen) atoms. The molecule has 0 saturated heterocycles. The molecule has 0 aliphatic rings. The Bertz CT molecular complexity index is 404. The zero-order valence-electron chi connectivity index (χ0n) is 8.14. The average Bonchev–Trinajstić information content (AvgIpc) is 2.00. The van der Waals surface area contributed by atoms with Crippen molar-refractivity contribution in [3.63, 3.8) is 0 Å². The second-order valence-corrected chi connectivity index (χ2v) is 4.74. The molecule has 0 spiro atoms. The van der Waals surface area contributed by atoms with Crippen LogP contribution in [0.4, 0.5) is 0 Å². The maximum atomic E-state index is 10.6. The molecular weight excluding hydrogens is 199 g/mol. The molecule has 0 aromatic heterocycles. The quantitative estimate of drug-likeness (QED) is 0.740. The zero-order valence-corrected chi connectivity index (χ0v) is 9.03. The Morgan fingerprint density at radius 1 is 1.29 bits per heavy atom. The van der Waals surface area contributed by atoms with Gasteiger partial charge < -0.3 is 9.79 Å². The van der Waals surface area contributed by atoms with Crippen LogP contribution in [0.3, 0.4) is 0 Å². The molecular formula is C10H13O3P. The van der Waals surface area contributed by atoms with Crippen molar-refractivity contribution in [2.24, 2.45) is 0 Å². The van der Waals surface area contributed by atoms with Gasteiger partial charge in [-0.1, -0.05) is 23.8 Å². The van der Waals surface area contributed by atoms with E-state index in [0.717, 1.165) is 22.5 Å². The van der Waals surface area contributed by atoms with Gasteiger partial charge in [0, 0.05) is 5.82 Å². The number of benzene rings is 1. The molecule has 0 aliphatic carbocycles. The molecule has 0 atom stereocenters. The van der Waals surface area contributed by atoms with E-state index in [1.165, 1.54) is 6.08 Å². The first-order valence-electron chi connectivity index (χ1n) is 4.20. The zero-order chi connectivity index (χ0) is 10.8. The monoisotopic (exact) mass is 212 g/mol. The highest BCUT2D eigenvalue weighted by molar-refractivity contribution is 7.55. The molecule has 0 bridgehead atoms. The third kappa shape index (κ3) is 3.46. The minimum absolute atomic E-state index is 0.832. The van der Waals surface area contributed by atoms with Crippen molar-refractivity contribution in [1.29, 1.82) is 0 Å². The van der Waals surface area contributed by atoms with Gasteiger partial charge in [-0.2, -0.15) is 0 Å². The lowest BCUT2D eigenvalue weighted by Gasteiger charge is -2.01. The summed E-state index contributed by atoms with van der Waals surface area (Å²) in [5.41, 5.74) is 2.98. The summed E-state index contributed by atoms with van der Waals surface area (Å²) < 4.78 is 10.6. The molecule has 1 rings (SSSR count). The van der Waals surface area contributed by atoms with E-state index in [9.17, 15) is 4.57 Å². The number of rotatable bonds is 2. The fourth-order valence-corrected chi connectivity index (χ4v) is 1.54. The fourth-order valence-electron chi connectivity index (χ4n) is 1.19. The van der Waals surface area contributed by atoms with E-state index < -0.39 is 7.60 Å². The minimum atomic E-state index is -4.04. The van der Waals surface area contributed by atoms with Crippen LogP contribution in [0.2, 0.25) is 0 Å². The van der Waals surface area contributed by atoms with Crippen LogP contribution in [0.15, 0.2) is 24.0 Å². The summed E-state index contributed by atoms with van der Waals surface area (Å²) in [5, 5.41) is 0. The van der Waals surface area contributed by atoms with E-state index in [4.69, 9.17) is 9.79 Å². The van der Waals surface area contributed by atoms with Crippen LogP contribution in [0, 0.1) is 13.8 Å². The van der Waals surface area contributed by atoms with Crippen LogP contribution < -0.4 is 0 Å². The van der Waals surface area contributed by atoms with Crippen molar-refractivity contribution in [3.05, 3.63) is 40.7 Å². The molecule has 0 heterocycles. The van der Waals surface area contributed by atoms with Crippen LogP contribution in [0.1, 0.15) is 16.7 Å². The van der Waals surface area contributed by atoms with Gasteiger partial charge in [0.1, 0.15) is 0 Å². The maximum absolute atomic E-state index is 10.6. The number of aryl methyl sites for hydroxylation is 2. The second kappa shape index (κ2) is 4.09. The molecule has 1 aromatic carbocycles. The predicted octanol–water partition coefficient (Wildman–Crippen LogP) is 2.45. The van der Waals surface area contributed by atoms with Crippen LogP contribution in [0.5, 0.6) is 0 Å². The summed E-state index contributed by atoms with van der Waals surface area (Å²) in [6.07, 6.45) is 1.45. The molecule has 0 radical (unpaired) electrons. The summed E-state index contributed by atoms with van der Waals surface area (Å²) >= 11 is 0. The minimum Gasteiger partial charge on any atom is -0.321 e. The summed E-state index contributed by atoms with van der Waals surface area (Å²) in [5.74, 6) is 0.921. The van der Waals surface area contributed by atoms with E-state index in [0.29, 0.717) is 0 Å². The predicted molar refractivity (Wildman–Crippen MR) is 57.0 cm³/mol. The van der Waals surface area contributed by atoms with Crippen molar-refractivity contribution in [2.75, 3.05) is 0 Å². The molecule has 0 unspecified atom stereocenters. The lowest BCUT2D eigenvalue weighted by molar-refractivity contribution is 0.386. The van der Waals surface area contributed by atoms with Gasteiger partial charge in [-0.3, -0.25) is 4.57 Å². The van der Waals surface area contributed by atoms with Crippen molar-refractivity contribution >= 4 is 13.7 Å². The van der Waals surface area contributed by atoms with E-state index in [1.807, 2.05) is 32.0 Å². The third-order valence-electron chi connectivity index (χ3n) is 1.87. The summed E-state index contributed by atoms with van der Waals surface area (Å²) in [7, 11) is -4.04. The molecule has 0 saturated carbocycles. The smallest absolute Gasteiger partial charge is 0.321 e. The Balaban J connectivity index is 2.99. The first-order chi connectivity index (χ1) is 6.38. The average molecular weight is 212 g/mol. The van der Waals surface area contributed by atoms with Gasteiger partial charge in [0.15, 0.2) is 0 Å². The van der Waals surface area contributed by atoms with E-state index in [2.05, 4.69) is 0 Å². The van der Waals surface area contributed by atoms with Crippen LogP contribution in [-0.4, -0.2) is 9.79 Å². The summed E-state index contributed by atoms with van der Waals surface area (Å²) in [6, 6.07) is 5.72. The van der Waals surface area contributed by atoms with Gasteiger partial charge in [0.05, 0.1) is 0 Å². The molecule has 0 amide bonds. The Kier molecular flexibility index (Phi) is 3.27. The van der Waals surface area contributed by atoms with E-state index >= 15 is 0 Å². The number of hydrogen-bond acceptors (Lipinski definition) is 1. The normalized spacial score (nSPS) is 12.3. The van der Waals surface area contributed by atoms with Gasteiger partial charge in [0.25, 0.3) is 0 Å². The molecule has 3 nitrogen and oxygen atoms in total. The standard InChI is InChI=1S/C10H13O3P/c1-8-3-4-10(9(2)7-8)5-6-14(11,12)13/h3-7H,1-2H3,(H2,11,12,13)/b6-5+. The lowest BCUT2D eigenvalue weighted by atomic mass is 10.1. The van der Waals surface area contributed by atoms with Gasteiger partial charge in [-0.05, 0) is 31.1 Å². The Hall–Kier alpha value is -0.890. The first-order valence-corrected chi connectivity index (χ1v) is 5.88. The highest BCUT2D eigenvalue weighted by Crippen LogP contribution is 2.37. The molecule has 4 heteroatoms. The van der Waals surface area contributed by atoms with Crippen LogP contribution in [-0.2, 0) is 4.57 Å². The lowest BCUT2D eigenvalue weighted by Crippen LogP contribution is -1.82. The SMILES string of the molecule is Cc1ccc(/C=C/P(=O)(O)O)c(C)c1.